The van der Waals surface area contributed by atoms with Crippen molar-refractivity contribution in [2.24, 2.45) is 21.4 Å². The van der Waals surface area contributed by atoms with Crippen molar-refractivity contribution in [2.75, 3.05) is 12.4 Å². The molecule has 2 atom stereocenters. The Hall–Kier alpha value is -2.57. The quantitative estimate of drug-likeness (QED) is 0.391. The molecular weight excluding hydrogens is 463 g/mol. The first kappa shape index (κ1) is 23.6. The lowest BCUT2D eigenvalue weighted by Crippen LogP contribution is -2.43. The number of rotatable bonds is 5. The van der Waals surface area contributed by atoms with Gasteiger partial charge >= 0.3 is 5.97 Å². The maximum absolute atomic E-state index is 13.6. The molecule has 33 heavy (non-hydrogen) atoms. The van der Waals surface area contributed by atoms with Gasteiger partial charge in [-0.3, -0.25) is 4.79 Å². The topological polar surface area (TPSA) is 77.0 Å². The molecule has 0 spiro atoms. The van der Waals surface area contributed by atoms with E-state index in [-0.39, 0.29) is 21.9 Å². The molecule has 6 nitrogen and oxygen atoms in total. The molecule has 0 saturated heterocycles. The van der Waals surface area contributed by atoms with Gasteiger partial charge in [-0.1, -0.05) is 55.2 Å². The van der Waals surface area contributed by atoms with Crippen LogP contribution in [0.3, 0.4) is 0 Å². The Morgan fingerprint density at radius 3 is 2.52 bits per heavy atom. The van der Waals surface area contributed by atoms with Crippen molar-refractivity contribution in [1.29, 1.82) is 0 Å². The lowest BCUT2D eigenvalue weighted by Gasteiger charge is -2.39. The van der Waals surface area contributed by atoms with Gasteiger partial charge in [0.05, 0.1) is 28.8 Å². The summed E-state index contributed by atoms with van der Waals surface area (Å²) in [7, 11) is 1.59. The normalized spacial score (nSPS) is 26.3. The maximum Gasteiger partial charge on any atom is 0.367 e. The predicted molar refractivity (Wildman–Crippen MR) is 129 cm³/mol. The van der Waals surface area contributed by atoms with Crippen molar-refractivity contribution < 1.29 is 19.2 Å². The highest BCUT2D eigenvalue weighted by molar-refractivity contribution is 6.36. The van der Waals surface area contributed by atoms with Gasteiger partial charge in [-0.15, -0.1) is 0 Å². The van der Waals surface area contributed by atoms with Gasteiger partial charge in [0, 0.05) is 28.6 Å². The summed E-state index contributed by atoms with van der Waals surface area (Å²) < 4.78 is 5.27. The Kier molecular flexibility index (Phi) is 5.95. The lowest BCUT2D eigenvalue weighted by molar-refractivity contribution is -0.130. The molecule has 2 aromatic carbocycles. The highest BCUT2D eigenvalue weighted by atomic mass is 35.5. The fourth-order valence-electron chi connectivity index (χ4n) is 5.27. The molecule has 2 saturated carbocycles. The number of ether oxygens (including phenoxy) is 1. The van der Waals surface area contributed by atoms with Gasteiger partial charge in [0.2, 0.25) is 5.91 Å². The second-order valence-corrected chi connectivity index (χ2v) is 10.3. The summed E-state index contributed by atoms with van der Waals surface area (Å²) in [4.78, 5) is 31.5. The Bertz CT molecular complexity index is 1160. The summed E-state index contributed by atoms with van der Waals surface area (Å²) in [6, 6.07) is 11.8. The second kappa shape index (κ2) is 8.33. The number of hydrogen-bond acceptors (Lipinski definition) is 5. The molecule has 0 aliphatic heterocycles. The van der Waals surface area contributed by atoms with E-state index in [9.17, 15) is 9.59 Å². The van der Waals surface area contributed by atoms with Crippen LogP contribution in [0.15, 0.2) is 47.6 Å². The third kappa shape index (κ3) is 3.69. The molecular formula is C25H26Cl2N2O4. The zero-order chi connectivity index (χ0) is 24.0. The zero-order valence-electron chi connectivity index (χ0n) is 19.0. The van der Waals surface area contributed by atoms with Gasteiger partial charge in [-0.2, -0.15) is 0 Å². The van der Waals surface area contributed by atoms with Crippen molar-refractivity contribution in [3.63, 3.8) is 0 Å². The monoisotopic (exact) mass is 488 g/mol. The number of oxime groups is 1. The molecule has 8 heteroatoms. The van der Waals surface area contributed by atoms with Crippen LogP contribution in [-0.2, 0) is 9.63 Å². The molecule has 2 aliphatic carbocycles. The predicted octanol–water partition coefficient (Wildman–Crippen LogP) is 6.37. The van der Waals surface area contributed by atoms with Crippen molar-refractivity contribution in [3.05, 3.63) is 58.1 Å². The molecule has 1 N–H and O–H groups in total. The van der Waals surface area contributed by atoms with Gasteiger partial charge in [0.15, 0.2) is 0 Å². The molecule has 2 fully saturated rings. The first-order chi connectivity index (χ1) is 15.5. The molecule has 1 amide bonds. The van der Waals surface area contributed by atoms with E-state index in [2.05, 4.69) is 31.2 Å². The number of carbonyl (C=O) groups excluding carboxylic acids is 2. The number of fused-ring (bicyclic) bond motifs is 2. The molecule has 2 aromatic rings. The van der Waals surface area contributed by atoms with E-state index >= 15 is 0 Å². The summed E-state index contributed by atoms with van der Waals surface area (Å²) in [5.41, 5.74) is 0.108. The highest BCUT2D eigenvalue weighted by Gasteiger charge is 2.71. The van der Waals surface area contributed by atoms with Crippen LogP contribution < -0.4 is 10.1 Å². The minimum Gasteiger partial charge on any atom is -0.497 e. The molecule has 2 bridgehead atoms. The van der Waals surface area contributed by atoms with Crippen molar-refractivity contribution in [3.8, 4) is 5.75 Å². The standard InChI is InChI=1S/C25H26Cl2N2O4/c1-23(2)24(3)10-11-25(23,22(31)28-16-6-5-7-17(13-16)32-4)14-20(24)29-33-21(30)18-9-8-15(26)12-19(18)27/h5-9,12-13H,10-11,14H2,1-4H3,(H,28,31). The van der Waals surface area contributed by atoms with Gasteiger partial charge < -0.3 is 14.9 Å². The van der Waals surface area contributed by atoms with E-state index in [0.29, 0.717) is 28.6 Å². The van der Waals surface area contributed by atoms with Gasteiger partial charge in [-0.05, 0) is 48.6 Å². The summed E-state index contributed by atoms with van der Waals surface area (Å²) in [6.07, 6.45) is 1.90. The summed E-state index contributed by atoms with van der Waals surface area (Å²) >= 11 is 12.0. The van der Waals surface area contributed by atoms with Crippen molar-refractivity contribution in [1.82, 2.24) is 0 Å². The molecule has 0 radical (unpaired) electrons. The fraction of sp³-hybridized carbons (Fsp3) is 0.400. The molecule has 0 heterocycles. The van der Waals surface area contributed by atoms with E-state index in [1.165, 1.54) is 12.1 Å². The number of nitrogens with zero attached hydrogens (tertiary/aromatic N) is 1. The fourth-order valence-corrected chi connectivity index (χ4v) is 5.76. The van der Waals surface area contributed by atoms with E-state index in [4.69, 9.17) is 32.8 Å². The lowest BCUT2D eigenvalue weighted by atomic mass is 9.64. The van der Waals surface area contributed by atoms with Crippen LogP contribution in [0.2, 0.25) is 10.0 Å². The number of nitrogens with one attached hydrogen (secondary N) is 1. The average Bonchev–Trinajstić information content (AvgIpc) is 3.08. The van der Waals surface area contributed by atoms with Gasteiger partial charge in [-0.25, -0.2) is 4.79 Å². The highest BCUT2D eigenvalue weighted by Crippen LogP contribution is 2.71. The molecule has 4 rings (SSSR count). The smallest absolute Gasteiger partial charge is 0.367 e. The minimum atomic E-state index is -0.673. The van der Waals surface area contributed by atoms with Crippen LogP contribution in [0.1, 0.15) is 50.4 Å². The van der Waals surface area contributed by atoms with Crippen LogP contribution >= 0.6 is 23.2 Å². The van der Waals surface area contributed by atoms with Crippen molar-refractivity contribution in [2.45, 2.75) is 40.0 Å². The van der Waals surface area contributed by atoms with E-state index in [1.807, 2.05) is 18.2 Å². The summed E-state index contributed by atoms with van der Waals surface area (Å²) in [5.74, 6) is -0.0627. The van der Waals surface area contributed by atoms with E-state index < -0.39 is 16.8 Å². The SMILES string of the molecule is COc1cccc(NC(=O)C23CCC(C)(C(=NOC(=O)c4ccc(Cl)cc4Cl)C2)C3(C)C)c1. The average molecular weight is 489 g/mol. The molecule has 0 aromatic heterocycles. The van der Waals surface area contributed by atoms with Gasteiger partial charge in [0.25, 0.3) is 0 Å². The molecule has 174 valence electrons. The van der Waals surface area contributed by atoms with Crippen LogP contribution in [-0.4, -0.2) is 24.7 Å². The maximum atomic E-state index is 13.6. The molecule has 2 aliphatic rings. The Morgan fingerprint density at radius 2 is 1.82 bits per heavy atom. The zero-order valence-corrected chi connectivity index (χ0v) is 20.5. The van der Waals surface area contributed by atoms with E-state index in [1.54, 1.807) is 19.2 Å². The first-order valence-electron chi connectivity index (χ1n) is 10.7. The second-order valence-electron chi connectivity index (χ2n) is 9.44. The number of halogens is 2. The Labute approximate surface area is 203 Å². The summed E-state index contributed by atoms with van der Waals surface area (Å²) in [6.45, 7) is 6.26. The number of hydrogen-bond donors (Lipinski definition) is 1. The first-order valence-corrected chi connectivity index (χ1v) is 11.5. The number of anilines is 1. The number of benzene rings is 2. The third-order valence-corrected chi connectivity index (χ3v) is 8.43. The van der Waals surface area contributed by atoms with Crippen molar-refractivity contribution >= 4 is 46.5 Å². The number of methoxy groups -OCH3 is 1. The van der Waals surface area contributed by atoms with Gasteiger partial charge in [0.1, 0.15) is 5.75 Å². The van der Waals surface area contributed by atoms with Crippen LogP contribution in [0.5, 0.6) is 5.75 Å². The number of amides is 1. The van der Waals surface area contributed by atoms with Crippen LogP contribution in [0.25, 0.3) is 0 Å². The Balaban J connectivity index is 1.59. The largest absolute Gasteiger partial charge is 0.497 e. The van der Waals surface area contributed by atoms with Crippen LogP contribution in [0, 0.1) is 16.2 Å². The third-order valence-electron chi connectivity index (χ3n) is 7.89. The van der Waals surface area contributed by atoms with Crippen LogP contribution in [0.4, 0.5) is 5.69 Å². The Morgan fingerprint density at radius 1 is 1.06 bits per heavy atom. The summed E-state index contributed by atoms with van der Waals surface area (Å²) in [5, 5.41) is 7.93. The number of carbonyl (C=O) groups is 2. The minimum absolute atomic E-state index is 0.0678. The van der Waals surface area contributed by atoms with E-state index in [0.717, 1.165) is 12.8 Å². The molecule has 2 unspecified atom stereocenters.